The lowest BCUT2D eigenvalue weighted by molar-refractivity contribution is -0.145. The van der Waals surface area contributed by atoms with Crippen molar-refractivity contribution in [3.8, 4) is 0 Å². The maximum atomic E-state index is 11.0. The number of ketones is 1. The lowest BCUT2D eigenvalue weighted by Gasteiger charge is -1.96. The Bertz CT molecular complexity index is 308. The highest BCUT2D eigenvalue weighted by Gasteiger charge is 2.14. The van der Waals surface area contributed by atoms with E-state index in [4.69, 9.17) is 0 Å². The van der Waals surface area contributed by atoms with Crippen LogP contribution >= 0.6 is 16.3 Å². The van der Waals surface area contributed by atoms with Crippen LogP contribution < -0.4 is 0 Å². The van der Waals surface area contributed by atoms with Gasteiger partial charge in [-0.25, -0.2) is 4.79 Å². The monoisotopic (exact) mass is 242 g/mol. The van der Waals surface area contributed by atoms with Gasteiger partial charge in [-0.3, -0.25) is 4.79 Å². The zero-order valence-electron chi connectivity index (χ0n) is 6.70. The lowest BCUT2D eigenvalue weighted by Crippen LogP contribution is -2.15. The molecule has 0 radical (unpaired) electrons. The van der Waals surface area contributed by atoms with Gasteiger partial charge in [0.25, 0.3) is 0 Å². The molecule has 0 aromatic heterocycles. The summed E-state index contributed by atoms with van der Waals surface area (Å²) in [6.07, 6.45) is 0.0747. The average molecular weight is 243 g/mol. The van der Waals surface area contributed by atoms with E-state index in [2.05, 4.69) is 20.1 Å². The Hall–Kier alpha value is -1.16. The Morgan fingerprint density at radius 2 is 1.85 bits per heavy atom. The number of carbonyl (C=O) groups excluding carboxylic acids is 2. The van der Waals surface area contributed by atoms with Crippen LogP contribution in [0.1, 0.15) is 5.56 Å². The van der Waals surface area contributed by atoms with Crippen molar-refractivity contribution in [2.45, 2.75) is 6.42 Å². The molecule has 0 heterocycles. The zero-order valence-corrected chi connectivity index (χ0v) is 8.28. The highest BCUT2D eigenvalue weighted by atomic mass is 79.9. The molecule has 0 N–H and O–H groups in total. The zero-order chi connectivity index (χ0) is 9.68. The van der Waals surface area contributed by atoms with E-state index in [0.717, 1.165) is 5.56 Å². The number of hydrogen-bond donors (Lipinski definition) is 0. The Balaban J connectivity index is 2.60. The van der Waals surface area contributed by atoms with Crippen molar-refractivity contribution in [1.29, 1.82) is 0 Å². The molecular formula is C9H7BrO3. The van der Waals surface area contributed by atoms with E-state index in [1.807, 2.05) is 18.2 Å². The topological polar surface area (TPSA) is 43.4 Å². The van der Waals surface area contributed by atoms with Crippen LogP contribution in [0.4, 0.5) is 0 Å². The molecule has 68 valence electrons. The number of halogens is 1. The van der Waals surface area contributed by atoms with E-state index in [1.165, 1.54) is 0 Å². The number of rotatable bonds is 3. The number of carbonyl (C=O) groups is 2. The van der Waals surface area contributed by atoms with Gasteiger partial charge in [0.05, 0.1) is 0 Å². The molecule has 0 amide bonds. The molecule has 0 aliphatic rings. The average Bonchev–Trinajstić information content (AvgIpc) is 2.18. The van der Waals surface area contributed by atoms with Crippen LogP contribution in [0.2, 0.25) is 0 Å². The lowest BCUT2D eigenvalue weighted by atomic mass is 10.1. The molecule has 0 fully saturated rings. The molecular weight excluding hydrogens is 236 g/mol. The Labute approximate surface area is 84.2 Å². The summed E-state index contributed by atoms with van der Waals surface area (Å²) in [4.78, 5) is 21.7. The summed E-state index contributed by atoms with van der Waals surface area (Å²) in [5, 5.41) is 0. The molecule has 13 heavy (non-hydrogen) atoms. The van der Waals surface area contributed by atoms with Crippen LogP contribution in [0.15, 0.2) is 30.3 Å². The molecule has 0 atom stereocenters. The highest BCUT2D eigenvalue weighted by molar-refractivity contribution is 9.06. The predicted molar refractivity (Wildman–Crippen MR) is 50.2 cm³/mol. The summed E-state index contributed by atoms with van der Waals surface area (Å²) >= 11 is 2.46. The van der Waals surface area contributed by atoms with Gasteiger partial charge >= 0.3 is 5.97 Å². The third-order valence-corrected chi connectivity index (χ3v) is 1.80. The van der Waals surface area contributed by atoms with E-state index in [9.17, 15) is 9.59 Å². The minimum absolute atomic E-state index is 0.0747. The second-order valence-corrected chi connectivity index (χ2v) is 2.77. The largest absolute Gasteiger partial charge is 0.386 e. The molecule has 1 aromatic rings. The second-order valence-electron chi connectivity index (χ2n) is 2.45. The summed E-state index contributed by atoms with van der Waals surface area (Å²) in [6, 6.07) is 9.01. The van der Waals surface area contributed by atoms with Gasteiger partial charge in [0.2, 0.25) is 5.78 Å². The summed E-state index contributed by atoms with van der Waals surface area (Å²) in [5.41, 5.74) is 0.797. The summed E-state index contributed by atoms with van der Waals surface area (Å²) in [5.74, 6) is -1.44. The fourth-order valence-electron chi connectivity index (χ4n) is 0.896. The standard InChI is InChI=1S/C9H7BrO3/c10-13-9(12)8(11)6-7-4-2-1-3-5-7/h1-5H,6H2. The van der Waals surface area contributed by atoms with E-state index >= 15 is 0 Å². The maximum Gasteiger partial charge on any atom is 0.386 e. The highest BCUT2D eigenvalue weighted by Crippen LogP contribution is 2.01. The van der Waals surface area contributed by atoms with Crippen molar-refractivity contribution in [3.05, 3.63) is 35.9 Å². The first kappa shape index (κ1) is 9.92. The number of Topliss-reactive ketones (excluding diaryl/α,β-unsaturated/α-hetero) is 1. The Kier molecular flexibility index (Phi) is 3.64. The van der Waals surface area contributed by atoms with Gasteiger partial charge in [-0.1, -0.05) is 30.3 Å². The third-order valence-electron chi connectivity index (χ3n) is 1.51. The van der Waals surface area contributed by atoms with Crippen LogP contribution in [0.3, 0.4) is 0 Å². The first-order chi connectivity index (χ1) is 6.24. The van der Waals surface area contributed by atoms with E-state index in [0.29, 0.717) is 0 Å². The van der Waals surface area contributed by atoms with Crippen molar-refractivity contribution >= 4 is 28.0 Å². The first-order valence-electron chi connectivity index (χ1n) is 3.63. The van der Waals surface area contributed by atoms with Crippen LogP contribution in [0.25, 0.3) is 0 Å². The SMILES string of the molecule is O=C(Cc1ccccc1)C(=O)OBr. The predicted octanol–water partition coefficient (Wildman–Crippen LogP) is 1.65. The minimum Gasteiger partial charge on any atom is -0.378 e. The van der Waals surface area contributed by atoms with E-state index in [-0.39, 0.29) is 6.42 Å². The molecule has 0 bridgehead atoms. The van der Waals surface area contributed by atoms with Crippen molar-refractivity contribution in [2.24, 2.45) is 0 Å². The van der Waals surface area contributed by atoms with Gasteiger partial charge in [-0.15, -0.1) is 0 Å². The second kappa shape index (κ2) is 4.77. The quantitative estimate of drug-likeness (QED) is 0.758. The molecule has 0 aliphatic heterocycles. The molecule has 4 heteroatoms. The van der Waals surface area contributed by atoms with Crippen LogP contribution in [0, 0.1) is 0 Å². The van der Waals surface area contributed by atoms with Crippen LogP contribution in [0.5, 0.6) is 0 Å². The van der Waals surface area contributed by atoms with E-state index < -0.39 is 11.8 Å². The fourth-order valence-corrected chi connectivity index (χ4v) is 1.08. The van der Waals surface area contributed by atoms with Gasteiger partial charge < -0.3 is 3.83 Å². The maximum absolute atomic E-state index is 11.0. The summed E-state index contributed by atoms with van der Waals surface area (Å²) in [6.45, 7) is 0. The van der Waals surface area contributed by atoms with Crippen molar-refractivity contribution in [2.75, 3.05) is 0 Å². The summed E-state index contributed by atoms with van der Waals surface area (Å²) in [7, 11) is 0. The van der Waals surface area contributed by atoms with Gasteiger partial charge in [-0.05, 0) is 5.56 Å². The molecule has 0 saturated heterocycles. The molecule has 0 aliphatic carbocycles. The van der Waals surface area contributed by atoms with Gasteiger partial charge in [0, 0.05) is 6.42 Å². The van der Waals surface area contributed by atoms with Crippen molar-refractivity contribution in [3.63, 3.8) is 0 Å². The fraction of sp³-hybridized carbons (Fsp3) is 0.111. The minimum atomic E-state index is -0.871. The number of hydrogen-bond acceptors (Lipinski definition) is 3. The van der Waals surface area contributed by atoms with Crippen LogP contribution in [-0.2, 0) is 19.8 Å². The van der Waals surface area contributed by atoms with E-state index in [1.54, 1.807) is 12.1 Å². The molecule has 0 saturated carbocycles. The first-order valence-corrected chi connectivity index (χ1v) is 4.28. The van der Waals surface area contributed by atoms with Gasteiger partial charge in [0.1, 0.15) is 0 Å². The molecule has 3 nitrogen and oxygen atoms in total. The Morgan fingerprint density at radius 1 is 1.23 bits per heavy atom. The van der Waals surface area contributed by atoms with Crippen molar-refractivity contribution in [1.82, 2.24) is 0 Å². The molecule has 0 spiro atoms. The Morgan fingerprint density at radius 3 is 2.38 bits per heavy atom. The van der Waals surface area contributed by atoms with Crippen LogP contribution in [-0.4, -0.2) is 11.8 Å². The summed E-state index contributed by atoms with van der Waals surface area (Å²) < 4.78 is 4.11. The van der Waals surface area contributed by atoms with Crippen molar-refractivity contribution < 1.29 is 13.4 Å². The van der Waals surface area contributed by atoms with Gasteiger partial charge in [0.15, 0.2) is 16.3 Å². The van der Waals surface area contributed by atoms with Gasteiger partial charge in [-0.2, -0.15) is 0 Å². The third kappa shape index (κ3) is 2.99. The normalized spacial score (nSPS) is 9.31. The molecule has 1 rings (SSSR count). The molecule has 1 aromatic carbocycles. The smallest absolute Gasteiger partial charge is 0.378 e. The number of benzene rings is 1. The molecule has 0 unspecified atom stereocenters.